The Morgan fingerprint density at radius 1 is 1.30 bits per heavy atom. The quantitative estimate of drug-likeness (QED) is 0.873. The third-order valence-electron chi connectivity index (χ3n) is 4.70. The number of hydrogen-bond donors (Lipinski definition) is 1. The Kier molecular flexibility index (Phi) is 5.51. The first-order valence-corrected chi connectivity index (χ1v) is 8.50. The van der Waals surface area contributed by atoms with Gasteiger partial charge in [-0.2, -0.15) is 0 Å². The Balaban J connectivity index is 1.69. The average molecular weight is 319 g/mol. The summed E-state index contributed by atoms with van der Waals surface area (Å²) in [5, 5.41) is 9.09. The maximum atomic E-state index is 11.1. The van der Waals surface area contributed by atoms with Crippen molar-refractivity contribution < 1.29 is 19.4 Å². The number of nitrogens with zero attached hydrogens (tertiary/aromatic N) is 1. The fraction of sp³-hybridized carbons (Fsp3) is 0.611. The van der Waals surface area contributed by atoms with E-state index in [0.29, 0.717) is 25.9 Å². The summed E-state index contributed by atoms with van der Waals surface area (Å²) < 4.78 is 11.6. The summed E-state index contributed by atoms with van der Waals surface area (Å²) in [5.41, 5.74) is 1.14. The monoisotopic (exact) mass is 319 g/mol. The summed E-state index contributed by atoms with van der Waals surface area (Å²) >= 11 is 0. The summed E-state index contributed by atoms with van der Waals surface area (Å²) in [6.45, 7) is 2.61. The fourth-order valence-electron chi connectivity index (χ4n) is 3.44. The molecule has 0 unspecified atom stereocenters. The molecule has 1 aliphatic heterocycles. The van der Waals surface area contributed by atoms with Crippen LogP contribution >= 0.6 is 0 Å². The highest BCUT2D eigenvalue weighted by atomic mass is 16.5. The van der Waals surface area contributed by atoms with E-state index in [1.54, 1.807) is 0 Å². The topological polar surface area (TPSA) is 59.0 Å². The van der Waals surface area contributed by atoms with E-state index >= 15 is 0 Å². The Morgan fingerprint density at radius 3 is 2.87 bits per heavy atom. The van der Waals surface area contributed by atoms with Crippen molar-refractivity contribution in [2.75, 3.05) is 19.8 Å². The molecular weight excluding hydrogens is 294 g/mol. The number of carbonyl (C=O) groups is 1. The van der Waals surface area contributed by atoms with E-state index < -0.39 is 5.97 Å². The number of ether oxygens (including phenoxy) is 2. The van der Waals surface area contributed by atoms with Crippen molar-refractivity contribution in [3.63, 3.8) is 0 Å². The number of benzene rings is 1. The van der Waals surface area contributed by atoms with E-state index in [4.69, 9.17) is 14.6 Å². The molecule has 3 rings (SSSR count). The lowest BCUT2D eigenvalue weighted by Crippen LogP contribution is -2.45. The normalized spacial score (nSPS) is 23.0. The van der Waals surface area contributed by atoms with Gasteiger partial charge in [0.15, 0.2) is 0 Å². The summed E-state index contributed by atoms with van der Waals surface area (Å²) in [6.07, 6.45) is 5.20. The number of rotatable bonds is 6. The van der Waals surface area contributed by atoms with Crippen molar-refractivity contribution in [1.29, 1.82) is 0 Å². The summed E-state index contributed by atoms with van der Waals surface area (Å²) in [4.78, 5) is 13.3. The summed E-state index contributed by atoms with van der Waals surface area (Å²) in [7, 11) is 0. The summed E-state index contributed by atoms with van der Waals surface area (Å²) in [5.74, 6) is 0.168. The standard InChI is InChI=1S/C18H25NO4/c20-18(21)11-15-13-22-10-9-19(15)12-14-5-1-4-8-17(14)23-16-6-2-3-7-16/h1,4-5,8,15-16H,2-3,6-7,9-13H2,(H,20,21)/t15-/m0/s1. The molecule has 5 heteroatoms. The van der Waals surface area contributed by atoms with Crippen molar-refractivity contribution in [2.24, 2.45) is 0 Å². The zero-order valence-electron chi connectivity index (χ0n) is 13.4. The zero-order valence-corrected chi connectivity index (χ0v) is 13.4. The third kappa shape index (κ3) is 4.45. The van der Waals surface area contributed by atoms with Gasteiger partial charge in [0.25, 0.3) is 0 Å². The minimum absolute atomic E-state index is 0.0687. The molecule has 1 aliphatic carbocycles. The molecule has 23 heavy (non-hydrogen) atoms. The number of hydrogen-bond acceptors (Lipinski definition) is 4. The maximum Gasteiger partial charge on any atom is 0.305 e. The van der Waals surface area contributed by atoms with Crippen LogP contribution < -0.4 is 4.74 Å². The lowest BCUT2D eigenvalue weighted by molar-refractivity contribution is -0.140. The predicted molar refractivity (Wildman–Crippen MR) is 86.6 cm³/mol. The van der Waals surface area contributed by atoms with E-state index in [0.717, 1.165) is 30.7 Å². The minimum atomic E-state index is -0.777. The van der Waals surface area contributed by atoms with E-state index in [2.05, 4.69) is 11.0 Å². The first-order chi connectivity index (χ1) is 11.2. The number of aliphatic carboxylic acids is 1. The van der Waals surface area contributed by atoms with Crippen molar-refractivity contribution in [3.8, 4) is 5.75 Å². The second-order valence-corrected chi connectivity index (χ2v) is 6.43. The molecule has 1 saturated heterocycles. The van der Waals surface area contributed by atoms with Crippen LogP contribution in [0.2, 0.25) is 0 Å². The first kappa shape index (κ1) is 16.3. The summed E-state index contributed by atoms with van der Waals surface area (Å²) in [6, 6.07) is 8.06. The molecule has 2 aliphatic rings. The Morgan fingerprint density at radius 2 is 2.09 bits per heavy atom. The van der Waals surface area contributed by atoms with Crippen molar-refractivity contribution >= 4 is 5.97 Å². The van der Waals surface area contributed by atoms with Crippen LogP contribution in [0.3, 0.4) is 0 Å². The van der Waals surface area contributed by atoms with Crippen molar-refractivity contribution in [1.82, 2.24) is 4.90 Å². The molecule has 2 fully saturated rings. The van der Waals surface area contributed by atoms with Crippen LogP contribution in [0.15, 0.2) is 24.3 Å². The fourth-order valence-corrected chi connectivity index (χ4v) is 3.44. The number of morpholine rings is 1. The lowest BCUT2D eigenvalue weighted by atomic mass is 10.1. The predicted octanol–water partition coefficient (Wildman–Crippen LogP) is 2.68. The van der Waals surface area contributed by atoms with Gasteiger partial charge in [0, 0.05) is 24.7 Å². The number of carboxylic acids is 1. The highest BCUT2D eigenvalue weighted by Gasteiger charge is 2.26. The molecular formula is C18H25NO4. The van der Waals surface area contributed by atoms with E-state index in [1.165, 1.54) is 12.8 Å². The minimum Gasteiger partial charge on any atom is -0.490 e. The van der Waals surface area contributed by atoms with Gasteiger partial charge in [-0.25, -0.2) is 0 Å². The SMILES string of the molecule is O=C(O)C[C@H]1COCCN1Cc1ccccc1OC1CCCC1. The van der Waals surface area contributed by atoms with E-state index in [-0.39, 0.29) is 12.5 Å². The van der Waals surface area contributed by atoms with Crippen LogP contribution in [0.25, 0.3) is 0 Å². The molecule has 1 saturated carbocycles. The van der Waals surface area contributed by atoms with Gasteiger partial charge in [0.2, 0.25) is 0 Å². The average Bonchev–Trinajstić information content (AvgIpc) is 3.04. The molecule has 0 amide bonds. The second-order valence-electron chi connectivity index (χ2n) is 6.43. The first-order valence-electron chi connectivity index (χ1n) is 8.50. The highest BCUT2D eigenvalue weighted by molar-refractivity contribution is 5.67. The van der Waals surface area contributed by atoms with E-state index in [1.807, 2.05) is 18.2 Å². The Labute approximate surface area is 137 Å². The number of para-hydroxylation sites is 1. The largest absolute Gasteiger partial charge is 0.490 e. The van der Waals surface area contributed by atoms with Crippen molar-refractivity contribution in [2.45, 2.75) is 50.8 Å². The van der Waals surface area contributed by atoms with Gasteiger partial charge in [0.1, 0.15) is 5.75 Å². The van der Waals surface area contributed by atoms with Crippen LogP contribution in [0.1, 0.15) is 37.7 Å². The van der Waals surface area contributed by atoms with Gasteiger partial charge in [-0.15, -0.1) is 0 Å². The second kappa shape index (κ2) is 7.79. The van der Waals surface area contributed by atoms with Gasteiger partial charge in [-0.3, -0.25) is 9.69 Å². The molecule has 0 bridgehead atoms. The molecule has 0 aromatic heterocycles. The number of carboxylic acid groups (broad SMARTS) is 1. The van der Waals surface area contributed by atoms with Gasteiger partial charge in [0.05, 0.1) is 25.7 Å². The van der Waals surface area contributed by atoms with Crippen LogP contribution in [0, 0.1) is 0 Å². The highest BCUT2D eigenvalue weighted by Crippen LogP contribution is 2.28. The molecule has 1 atom stereocenters. The smallest absolute Gasteiger partial charge is 0.305 e. The van der Waals surface area contributed by atoms with Crippen LogP contribution in [-0.4, -0.2) is 47.9 Å². The van der Waals surface area contributed by atoms with E-state index in [9.17, 15) is 4.79 Å². The van der Waals surface area contributed by atoms with Gasteiger partial charge in [-0.05, 0) is 31.7 Å². The molecule has 5 nitrogen and oxygen atoms in total. The van der Waals surface area contributed by atoms with Crippen LogP contribution in [0.4, 0.5) is 0 Å². The lowest BCUT2D eigenvalue weighted by Gasteiger charge is -2.35. The Bertz CT molecular complexity index is 528. The molecule has 1 aromatic rings. The zero-order chi connectivity index (χ0) is 16.1. The van der Waals surface area contributed by atoms with Gasteiger partial charge in [-0.1, -0.05) is 18.2 Å². The maximum absolute atomic E-state index is 11.1. The van der Waals surface area contributed by atoms with Crippen molar-refractivity contribution in [3.05, 3.63) is 29.8 Å². The van der Waals surface area contributed by atoms with Gasteiger partial charge >= 0.3 is 5.97 Å². The molecule has 1 aromatic carbocycles. The van der Waals surface area contributed by atoms with Gasteiger partial charge < -0.3 is 14.6 Å². The molecule has 0 spiro atoms. The molecule has 0 radical (unpaired) electrons. The molecule has 1 N–H and O–H groups in total. The third-order valence-corrected chi connectivity index (χ3v) is 4.70. The van der Waals surface area contributed by atoms with Crippen LogP contribution in [0.5, 0.6) is 5.75 Å². The Hall–Kier alpha value is -1.59. The van der Waals surface area contributed by atoms with Crippen LogP contribution in [-0.2, 0) is 16.1 Å². The molecule has 126 valence electrons. The molecule has 1 heterocycles.